The number of nitrogens with zero attached hydrogens (tertiary/aromatic N) is 3. The largest absolute Gasteiger partial charge is 0.482 e. The average molecular weight is 332 g/mol. The molecule has 1 N–H and O–H groups in total. The highest BCUT2D eigenvalue weighted by molar-refractivity contribution is 5.30. The van der Waals surface area contributed by atoms with Gasteiger partial charge in [-0.2, -0.15) is 0 Å². The summed E-state index contributed by atoms with van der Waals surface area (Å²) in [6.07, 6.45) is 1.95. The molecule has 0 amide bonds. The number of methoxy groups -OCH3 is 1. The third-order valence-corrected chi connectivity index (χ3v) is 4.72. The molecule has 2 aromatic rings. The Morgan fingerprint density at radius 3 is 2.62 bits per heavy atom. The SMILES string of the molecule is CNC1(C)CC(C)(c2nnc(COc3ccc(OC)nc3C)o2)C1. The van der Waals surface area contributed by atoms with E-state index in [1.54, 1.807) is 13.2 Å². The second-order valence-electron chi connectivity index (χ2n) is 6.95. The minimum atomic E-state index is -0.0689. The van der Waals surface area contributed by atoms with Crippen molar-refractivity contribution in [2.24, 2.45) is 0 Å². The molecule has 1 saturated carbocycles. The summed E-state index contributed by atoms with van der Waals surface area (Å²) in [5.74, 6) is 2.39. The Morgan fingerprint density at radius 1 is 1.25 bits per heavy atom. The van der Waals surface area contributed by atoms with Crippen LogP contribution in [0.3, 0.4) is 0 Å². The van der Waals surface area contributed by atoms with Crippen LogP contribution in [-0.4, -0.2) is 34.9 Å². The summed E-state index contributed by atoms with van der Waals surface area (Å²) in [6.45, 7) is 6.45. The maximum Gasteiger partial charge on any atom is 0.253 e. The Bertz CT molecular complexity index is 722. The Labute approximate surface area is 141 Å². The lowest BCUT2D eigenvalue weighted by Gasteiger charge is -2.50. The van der Waals surface area contributed by atoms with Gasteiger partial charge in [0.1, 0.15) is 5.75 Å². The fraction of sp³-hybridized carbons (Fsp3) is 0.588. The Balaban J connectivity index is 1.63. The van der Waals surface area contributed by atoms with Crippen molar-refractivity contribution in [1.82, 2.24) is 20.5 Å². The van der Waals surface area contributed by atoms with E-state index in [1.165, 1.54) is 0 Å². The quantitative estimate of drug-likeness (QED) is 0.869. The van der Waals surface area contributed by atoms with Crippen LogP contribution >= 0.6 is 0 Å². The molecule has 0 saturated heterocycles. The summed E-state index contributed by atoms with van der Waals surface area (Å²) in [4.78, 5) is 4.28. The van der Waals surface area contributed by atoms with Crippen LogP contribution in [-0.2, 0) is 12.0 Å². The van der Waals surface area contributed by atoms with E-state index >= 15 is 0 Å². The summed E-state index contributed by atoms with van der Waals surface area (Å²) in [5.41, 5.74) is 0.830. The van der Waals surface area contributed by atoms with Crippen LogP contribution in [0, 0.1) is 6.92 Å². The van der Waals surface area contributed by atoms with E-state index < -0.39 is 0 Å². The maximum atomic E-state index is 5.81. The van der Waals surface area contributed by atoms with Gasteiger partial charge in [0, 0.05) is 17.0 Å². The van der Waals surface area contributed by atoms with Gasteiger partial charge in [-0.25, -0.2) is 4.98 Å². The van der Waals surface area contributed by atoms with Gasteiger partial charge < -0.3 is 19.2 Å². The number of pyridine rings is 1. The lowest BCUT2D eigenvalue weighted by molar-refractivity contribution is 0.0786. The van der Waals surface area contributed by atoms with Gasteiger partial charge in [0.15, 0.2) is 6.61 Å². The highest BCUT2D eigenvalue weighted by Gasteiger charge is 2.52. The van der Waals surface area contributed by atoms with Crippen molar-refractivity contribution < 1.29 is 13.9 Å². The molecule has 1 fully saturated rings. The first kappa shape index (κ1) is 16.7. The zero-order valence-electron chi connectivity index (χ0n) is 14.8. The molecule has 130 valence electrons. The number of ether oxygens (including phenoxy) is 2. The van der Waals surface area contributed by atoms with Crippen LogP contribution in [0.1, 0.15) is 44.2 Å². The van der Waals surface area contributed by atoms with E-state index in [0.29, 0.717) is 23.4 Å². The van der Waals surface area contributed by atoms with Crippen molar-refractivity contribution in [3.63, 3.8) is 0 Å². The van der Waals surface area contributed by atoms with E-state index in [-0.39, 0.29) is 17.6 Å². The van der Waals surface area contributed by atoms with Crippen molar-refractivity contribution in [1.29, 1.82) is 0 Å². The van der Waals surface area contributed by atoms with Gasteiger partial charge in [-0.05, 0) is 39.8 Å². The molecule has 0 unspecified atom stereocenters. The maximum absolute atomic E-state index is 5.81. The average Bonchev–Trinajstić information content (AvgIpc) is 3.01. The fourth-order valence-electron chi connectivity index (χ4n) is 3.49. The summed E-state index contributed by atoms with van der Waals surface area (Å²) >= 11 is 0. The molecule has 0 radical (unpaired) electrons. The fourth-order valence-corrected chi connectivity index (χ4v) is 3.49. The first-order valence-corrected chi connectivity index (χ1v) is 8.04. The third kappa shape index (κ3) is 3.08. The molecule has 0 bridgehead atoms. The molecule has 1 aliphatic carbocycles. The van der Waals surface area contributed by atoms with Gasteiger partial charge in [-0.1, -0.05) is 6.92 Å². The summed E-state index contributed by atoms with van der Waals surface area (Å²) in [7, 11) is 3.57. The third-order valence-electron chi connectivity index (χ3n) is 4.72. The molecule has 0 aliphatic heterocycles. The first-order chi connectivity index (χ1) is 11.4. The van der Waals surface area contributed by atoms with E-state index in [2.05, 4.69) is 34.3 Å². The van der Waals surface area contributed by atoms with Gasteiger partial charge >= 0.3 is 0 Å². The molecule has 7 nitrogen and oxygen atoms in total. The number of aryl methyl sites for hydroxylation is 1. The van der Waals surface area contributed by atoms with Crippen LogP contribution in [0.15, 0.2) is 16.5 Å². The highest BCUT2D eigenvalue weighted by atomic mass is 16.5. The van der Waals surface area contributed by atoms with Crippen LogP contribution in [0.5, 0.6) is 11.6 Å². The zero-order chi connectivity index (χ0) is 17.4. The number of nitrogens with one attached hydrogen (secondary N) is 1. The predicted molar refractivity (Wildman–Crippen MR) is 88.2 cm³/mol. The molecule has 2 heterocycles. The van der Waals surface area contributed by atoms with E-state index in [4.69, 9.17) is 13.9 Å². The number of rotatable bonds is 6. The van der Waals surface area contributed by atoms with Gasteiger partial charge in [-0.3, -0.25) is 0 Å². The molecule has 1 aliphatic rings. The van der Waals surface area contributed by atoms with Gasteiger partial charge in [0.05, 0.1) is 12.8 Å². The van der Waals surface area contributed by atoms with Crippen LogP contribution in [0.25, 0.3) is 0 Å². The second kappa shape index (κ2) is 6.05. The van der Waals surface area contributed by atoms with Crippen LogP contribution in [0.2, 0.25) is 0 Å². The predicted octanol–water partition coefficient (Wildman–Crippen LogP) is 2.39. The lowest BCUT2D eigenvalue weighted by atomic mass is 9.59. The topological polar surface area (TPSA) is 82.3 Å². The molecule has 0 atom stereocenters. The zero-order valence-corrected chi connectivity index (χ0v) is 14.8. The van der Waals surface area contributed by atoms with Crippen molar-refractivity contribution in [3.05, 3.63) is 29.6 Å². The summed E-state index contributed by atoms with van der Waals surface area (Å²) in [5, 5.41) is 11.7. The summed E-state index contributed by atoms with van der Waals surface area (Å²) < 4.78 is 16.6. The number of hydrogen-bond acceptors (Lipinski definition) is 7. The monoisotopic (exact) mass is 332 g/mol. The Kier molecular flexibility index (Phi) is 4.21. The lowest BCUT2D eigenvalue weighted by Crippen LogP contribution is -2.58. The van der Waals surface area contributed by atoms with Crippen molar-refractivity contribution in [2.75, 3.05) is 14.2 Å². The summed E-state index contributed by atoms with van der Waals surface area (Å²) in [6, 6.07) is 3.58. The van der Waals surface area contributed by atoms with Gasteiger partial charge in [-0.15, -0.1) is 10.2 Å². The normalized spacial score (nSPS) is 26.0. The second-order valence-corrected chi connectivity index (χ2v) is 6.95. The van der Waals surface area contributed by atoms with Crippen molar-refractivity contribution in [3.8, 4) is 11.6 Å². The smallest absolute Gasteiger partial charge is 0.253 e. The highest BCUT2D eigenvalue weighted by Crippen LogP contribution is 2.49. The number of hydrogen-bond donors (Lipinski definition) is 1. The van der Waals surface area contributed by atoms with E-state index in [9.17, 15) is 0 Å². The minimum absolute atomic E-state index is 0.0689. The van der Waals surface area contributed by atoms with Gasteiger partial charge in [0.25, 0.3) is 5.89 Å². The van der Waals surface area contributed by atoms with Crippen molar-refractivity contribution in [2.45, 2.75) is 51.2 Å². The van der Waals surface area contributed by atoms with Gasteiger partial charge in [0.2, 0.25) is 11.8 Å². The molecular formula is C17H24N4O3. The molecule has 3 rings (SSSR count). The molecule has 2 aromatic heterocycles. The minimum Gasteiger partial charge on any atom is -0.482 e. The van der Waals surface area contributed by atoms with Crippen molar-refractivity contribution >= 4 is 0 Å². The Hall–Kier alpha value is -2.15. The molecule has 7 heteroatoms. The number of aromatic nitrogens is 3. The van der Waals surface area contributed by atoms with E-state index in [1.807, 2.05) is 20.0 Å². The molecule has 24 heavy (non-hydrogen) atoms. The van der Waals surface area contributed by atoms with E-state index in [0.717, 1.165) is 18.5 Å². The molecule has 0 aromatic carbocycles. The van der Waals surface area contributed by atoms with Crippen LogP contribution < -0.4 is 14.8 Å². The standard InChI is InChI=1S/C17H24N4O3/c1-11-12(6-7-13(19-11)22-5)23-8-14-20-21-15(24-14)16(2)9-17(3,10-16)18-4/h6-7,18H,8-10H2,1-5H3. The van der Waals surface area contributed by atoms with Crippen LogP contribution in [0.4, 0.5) is 0 Å². The first-order valence-electron chi connectivity index (χ1n) is 8.04. The molecule has 0 spiro atoms. The molecular weight excluding hydrogens is 308 g/mol. The Morgan fingerprint density at radius 2 is 2.00 bits per heavy atom.